The Kier molecular flexibility index (Phi) is 2.92. The van der Waals surface area contributed by atoms with Gasteiger partial charge in [-0.1, -0.05) is 0 Å². The standard InChI is InChI=1S/C7H14N2O3S/c1-9(4-7(8)10)6-2-3-13(11,12)5-6/h6H,2-5H2,1H3,(H2,8,10). The third kappa shape index (κ3) is 2.96. The van der Waals surface area contributed by atoms with E-state index in [1.807, 2.05) is 0 Å². The summed E-state index contributed by atoms with van der Waals surface area (Å²) in [4.78, 5) is 12.3. The molecule has 1 heterocycles. The van der Waals surface area contributed by atoms with E-state index in [1.165, 1.54) is 0 Å². The number of hydrogen-bond donors (Lipinski definition) is 1. The Hall–Kier alpha value is -0.620. The summed E-state index contributed by atoms with van der Waals surface area (Å²) in [5, 5.41) is 0. The number of sulfone groups is 1. The van der Waals surface area contributed by atoms with Crippen molar-refractivity contribution in [2.75, 3.05) is 25.1 Å². The van der Waals surface area contributed by atoms with Crippen molar-refractivity contribution in [3.63, 3.8) is 0 Å². The summed E-state index contributed by atoms with van der Waals surface area (Å²) in [6.45, 7) is 0.125. The lowest BCUT2D eigenvalue weighted by Crippen LogP contribution is -2.39. The van der Waals surface area contributed by atoms with Gasteiger partial charge < -0.3 is 5.73 Å². The fraction of sp³-hybridized carbons (Fsp3) is 0.857. The van der Waals surface area contributed by atoms with Crippen molar-refractivity contribution in [2.24, 2.45) is 5.73 Å². The highest BCUT2D eigenvalue weighted by Crippen LogP contribution is 2.15. The van der Waals surface area contributed by atoms with E-state index in [0.717, 1.165) is 0 Å². The maximum absolute atomic E-state index is 11.1. The molecule has 1 aliphatic rings. The van der Waals surface area contributed by atoms with E-state index >= 15 is 0 Å². The Bertz CT molecular complexity index is 299. The third-order valence-electron chi connectivity index (χ3n) is 2.24. The summed E-state index contributed by atoms with van der Waals surface area (Å²) in [7, 11) is -1.15. The molecule has 76 valence electrons. The van der Waals surface area contributed by atoms with Gasteiger partial charge in [-0.05, 0) is 13.5 Å². The molecule has 0 aliphatic carbocycles. The first kappa shape index (κ1) is 10.5. The van der Waals surface area contributed by atoms with Gasteiger partial charge in [0.15, 0.2) is 9.84 Å². The second-order valence-corrected chi connectivity index (χ2v) is 5.67. The Morgan fingerprint density at radius 3 is 2.62 bits per heavy atom. The molecule has 1 aliphatic heterocycles. The van der Waals surface area contributed by atoms with Crippen molar-refractivity contribution in [3.8, 4) is 0 Å². The van der Waals surface area contributed by atoms with Gasteiger partial charge in [-0.2, -0.15) is 0 Å². The minimum Gasteiger partial charge on any atom is -0.369 e. The van der Waals surface area contributed by atoms with Gasteiger partial charge in [-0.25, -0.2) is 8.42 Å². The van der Waals surface area contributed by atoms with Gasteiger partial charge in [-0.15, -0.1) is 0 Å². The highest BCUT2D eigenvalue weighted by Gasteiger charge is 2.30. The van der Waals surface area contributed by atoms with Gasteiger partial charge >= 0.3 is 0 Å². The topological polar surface area (TPSA) is 80.5 Å². The molecule has 2 N–H and O–H groups in total. The van der Waals surface area contributed by atoms with Crippen LogP contribution in [0.3, 0.4) is 0 Å². The van der Waals surface area contributed by atoms with Crippen molar-refractivity contribution in [1.29, 1.82) is 0 Å². The van der Waals surface area contributed by atoms with Crippen molar-refractivity contribution >= 4 is 15.7 Å². The van der Waals surface area contributed by atoms with E-state index in [4.69, 9.17) is 5.73 Å². The quantitative estimate of drug-likeness (QED) is 0.615. The number of nitrogens with zero attached hydrogens (tertiary/aromatic N) is 1. The normalized spacial score (nSPS) is 26.5. The largest absolute Gasteiger partial charge is 0.369 e. The SMILES string of the molecule is CN(CC(N)=O)C1CCS(=O)(=O)C1. The molecule has 0 aromatic rings. The molecule has 1 unspecified atom stereocenters. The lowest BCUT2D eigenvalue weighted by atomic mass is 10.2. The van der Waals surface area contributed by atoms with Gasteiger partial charge in [0.05, 0.1) is 18.1 Å². The van der Waals surface area contributed by atoms with Crippen LogP contribution in [0.2, 0.25) is 0 Å². The fourth-order valence-electron chi connectivity index (χ4n) is 1.50. The number of carbonyl (C=O) groups excluding carboxylic acids is 1. The second-order valence-electron chi connectivity index (χ2n) is 3.44. The van der Waals surface area contributed by atoms with Gasteiger partial charge in [0.1, 0.15) is 0 Å². The number of nitrogens with two attached hydrogens (primary N) is 1. The predicted molar refractivity (Wildman–Crippen MR) is 48.9 cm³/mol. The molecule has 5 nitrogen and oxygen atoms in total. The smallest absolute Gasteiger partial charge is 0.231 e. The molecule has 1 fully saturated rings. The molecule has 0 saturated carbocycles. The minimum atomic E-state index is -2.87. The van der Waals surface area contributed by atoms with E-state index in [0.29, 0.717) is 6.42 Å². The molecular weight excluding hydrogens is 192 g/mol. The molecule has 1 saturated heterocycles. The van der Waals surface area contributed by atoms with E-state index in [9.17, 15) is 13.2 Å². The lowest BCUT2D eigenvalue weighted by Gasteiger charge is -2.20. The summed E-state index contributed by atoms with van der Waals surface area (Å²) < 4.78 is 22.2. The molecule has 0 radical (unpaired) electrons. The summed E-state index contributed by atoms with van der Waals surface area (Å²) in [5.74, 6) is -0.0517. The first-order valence-corrected chi connectivity index (χ1v) is 5.92. The molecular formula is C7H14N2O3S. The van der Waals surface area contributed by atoms with Crippen LogP contribution in [0.5, 0.6) is 0 Å². The predicted octanol–water partition coefficient (Wildman–Crippen LogP) is -1.41. The van der Waals surface area contributed by atoms with Crippen LogP contribution in [0, 0.1) is 0 Å². The number of amides is 1. The van der Waals surface area contributed by atoms with Gasteiger partial charge in [-0.3, -0.25) is 9.69 Å². The Morgan fingerprint density at radius 1 is 1.62 bits per heavy atom. The summed E-state index contributed by atoms with van der Waals surface area (Å²) >= 11 is 0. The monoisotopic (exact) mass is 206 g/mol. The van der Waals surface area contributed by atoms with Gasteiger partial charge in [0.25, 0.3) is 0 Å². The molecule has 1 amide bonds. The zero-order valence-corrected chi connectivity index (χ0v) is 8.38. The molecule has 13 heavy (non-hydrogen) atoms. The molecule has 6 heteroatoms. The lowest BCUT2D eigenvalue weighted by molar-refractivity contribution is -0.119. The zero-order valence-electron chi connectivity index (χ0n) is 7.56. The van der Waals surface area contributed by atoms with Crippen molar-refractivity contribution in [2.45, 2.75) is 12.5 Å². The molecule has 1 rings (SSSR count). The Labute approximate surface area is 77.8 Å². The highest BCUT2D eigenvalue weighted by molar-refractivity contribution is 7.91. The summed E-state index contributed by atoms with van der Waals surface area (Å²) in [5.41, 5.74) is 5.00. The van der Waals surface area contributed by atoms with Crippen LogP contribution in [0.15, 0.2) is 0 Å². The minimum absolute atomic E-state index is 0.0440. The van der Waals surface area contributed by atoms with E-state index in [-0.39, 0.29) is 24.1 Å². The Balaban J connectivity index is 2.51. The van der Waals surface area contributed by atoms with E-state index < -0.39 is 15.7 Å². The average molecular weight is 206 g/mol. The number of hydrogen-bond acceptors (Lipinski definition) is 4. The highest BCUT2D eigenvalue weighted by atomic mass is 32.2. The molecule has 0 spiro atoms. The number of rotatable bonds is 3. The van der Waals surface area contributed by atoms with Crippen LogP contribution in [-0.2, 0) is 14.6 Å². The molecule has 1 atom stereocenters. The molecule has 0 aromatic heterocycles. The van der Waals surface area contributed by atoms with Gasteiger partial charge in [0, 0.05) is 6.04 Å². The van der Waals surface area contributed by atoms with Crippen LogP contribution in [-0.4, -0.2) is 50.4 Å². The number of likely N-dealkylation sites (N-methyl/N-ethyl adjacent to an activating group) is 1. The molecule has 0 bridgehead atoms. The van der Waals surface area contributed by atoms with Crippen LogP contribution < -0.4 is 5.73 Å². The first-order chi connectivity index (χ1) is 5.91. The van der Waals surface area contributed by atoms with Gasteiger partial charge in [0.2, 0.25) is 5.91 Å². The number of primary amides is 1. The Morgan fingerprint density at radius 2 is 2.23 bits per heavy atom. The van der Waals surface area contributed by atoms with Crippen molar-refractivity contribution < 1.29 is 13.2 Å². The van der Waals surface area contributed by atoms with Crippen molar-refractivity contribution in [1.82, 2.24) is 4.90 Å². The van der Waals surface area contributed by atoms with Crippen LogP contribution >= 0.6 is 0 Å². The summed E-state index contributed by atoms with van der Waals surface area (Å²) in [6, 6.07) is -0.0440. The van der Waals surface area contributed by atoms with Crippen molar-refractivity contribution in [3.05, 3.63) is 0 Å². The maximum atomic E-state index is 11.1. The first-order valence-electron chi connectivity index (χ1n) is 4.10. The average Bonchev–Trinajstić information content (AvgIpc) is 2.28. The van der Waals surface area contributed by atoms with E-state index in [2.05, 4.69) is 0 Å². The third-order valence-corrected chi connectivity index (χ3v) is 3.99. The van der Waals surface area contributed by atoms with E-state index in [1.54, 1.807) is 11.9 Å². The second kappa shape index (κ2) is 3.63. The fourth-order valence-corrected chi connectivity index (χ4v) is 3.30. The summed E-state index contributed by atoms with van der Waals surface area (Å²) in [6.07, 6.45) is 0.603. The van der Waals surface area contributed by atoms with Crippen LogP contribution in [0.1, 0.15) is 6.42 Å². The molecule has 0 aromatic carbocycles. The van der Waals surface area contributed by atoms with Crippen LogP contribution in [0.25, 0.3) is 0 Å². The maximum Gasteiger partial charge on any atom is 0.231 e. The zero-order chi connectivity index (χ0) is 10.1. The number of carbonyl (C=O) groups is 1. The van der Waals surface area contributed by atoms with Crippen LogP contribution in [0.4, 0.5) is 0 Å².